The SMILES string of the molecule is COc1ccccc1NC(=S)N(Cc1cc2c(C)cc(C)cc2[nH]c1=O)C[C@@H]1CCCO1. The Balaban J connectivity index is 1.64. The van der Waals surface area contributed by atoms with Crippen molar-refractivity contribution in [1.82, 2.24) is 9.88 Å². The molecule has 2 heterocycles. The molecule has 1 aromatic heterocycles. The fourth-order valence-electron chi connectivity index (χ4n) is 4.23. The van der Waals surface area contributed by atoms with E-state index < -0.39 is 0 Å². The molecule has 0 bridgehead atoms. The van der Waals surface area contributed by atoms with Crippen molar-refractivity contribution >= 4 is 33.9 Å². The van der Waals surface area contributed by atoms with Crippen LogP contribution in [0.2, 0.25) is 0 Å². The largest absolute Gasteiger partial charge is 0.495 e. The molecule has 1 fully saturated rings. The van der Waals surface area contributed by atoms with E-state index in [0.29, 0.717) is 29.5 Å². The number of thiocarbonyl (C=S) groups is 1. The lowest BCUT2D eigenvalue weighted by Gasteiger charge is -2.28. The summed E-state index contributed by atoms with van der Waals surface area (Å²) >= 11 is 5.77. The maximum atomic E-state index is 12.9. The van der Waals surface area contributed by atoms with Crippen LogP contribution in [0, 0.1) is 13.8 Å². The first-order valence-corrected chi connectivity index (χ1v) is 11.3. The van der Waals surface area contributed by atoms with Gasteiger partial charge in [0.2, 0.25) is 0 Å². The number of rotatable bonds is 6. The summed E-state index contributed by atoms with van der Waals surface area (Å²) in [6.07, 6.45) is 2.12. The second-order valence-electron chi connectivity index (χ2n) is 8.31. The van der Waals surface area contributed by atoms with Crippen molar-refractivity contribution in [2.45, 2.75) is 39.3 Å². The Labute approximate surface area is 193 Å². The Morgan fingerprint density at radius 2 is 2.09 bits per heavy atom. The zero-order chi connectivity index (χ0) is 22.7. The Morgan fingerprint density at radius 1 is 1.28 bits per heavy atom. The lowest BCUT2D eigenvalue weighted by Crippen LogP contribution is -2.40. The molecule has 1 aliphatic heterocycles. The molecule has 2 N–H and O–H groups in total. The molecule has 1 atom stereocenters. The standard InChI is InChI=1S/C25H29N3O3S/c1-16-11-17(2)20-13-18(24(29)26-22(20)12-16)14-28(15-19-7-6-10-31-19)25(32)27-21-8-4-5-9-23(21)30-3/h4-5,8-9,11-13,19H,6-7,10,14-15H2,1-3H3,(H,26,29)(H,27,32)/t19-/m0/s1. The Bertz CT molecular complexity index is 1180. The molecule has 0 unspecified atom stereocenters. The number of aromatic amines is 1. The smallest absolute Gasteiger partial charge is 0.253 e. The van der Waals surface area contributed by atoms with Gasteiger partial charge in [0.15, 0.2) is 5.11 Å². The van der Waals surface area contributed by atoms with Crippen molar-refractivity contribution in [3.05, 3.63) is 69.5 Å². The minimum atomic E-state index is -0.0973. The summed E-state index contributed by atoms with van der Waals surface area (Å²) in [6, 6.07) is 13.8. The third kappa shape index (κ3) is 4.95. The van der Waals surface area contributed by atoms with E-state index >= 15 is 0 Å². The van der Waals surface area contributed by atoms with E-state index in [0.717, 1.165) is 47.2 Å². The van der Waals surface area contributed by atoms with Gasteiger partial charge >= 0.3 is 0 Å². The zero-order valence-electron chi connectivity index (χ0n) is 18.7. The summed E-state index contributed by atoms with van der Waals surface area (Å²) in [7, 11) is 1.63. The van der Waals surface area contributed by atoms with E-state index in [1.807, 2.05) is 48.2 Å². The first-order valence-electron chi connectivity index (χ1n) is 10.9. The molecule has 1 aliphatic rings. The summed E-state index contributed by atoms with van der Waals surface area (Å²) in [5.74, 6) is 0.710. The lowest BCUT2D eigenvalue weighted by molar-refractivity contribution is 0.0904. The Kier molecular flexibility index (Phi) is 6.77. The number of pyridine rings is 1. The van der Waals surface area contributed by atoms with Crippen LogP contribution in [0.15, 0.2) is 47.3 Å². The predicted octanol–water partition coefficient (Wildman–Crippen LogP) is 4.53. The van der Waals surface area contributed by atoms with Crippen molar-refractivity contribution in [3.8, 4) is 5.75 Å². The fourth-order valence-corrected chi connectivity index (χ4v) is 4.48. The van der Waals surface area contributed by atoms with Crippen LogP contribution >= 0.6 is 12.2 Å². The number of benzene rings is 2. The predicted molar refractivity (Wildman–Crippen MR) is 133 cm³/mol. The van der Waals surface area contributed by atoms with E-state index in [9.17, 15) is 4.79 Å². The number of nitrogens with zero attached hydrogens (tertiary/aromatic N) is 1. The number of anilines is 1. The molecule has 32 heavy (non-hydrogen) atoms. The third-order valence-electron chi connectivity index (χ3n) is 5.83. The van der Waals surface area contributed by atoms with Crippen LogP contribution in [0.4, 0.5) is 5.69 Å². The van der Waals surface area contributed by atoms with Crippen LogP contribution in [0.25, 0.3) is 10.9 Å². The number of H-pyrrole nitrogens is 1. The van der Waals surface area contributed by atoms with Crippen LogP contribution in [0.5, 0.6) is 5.75 Å². The van der Waals surface area contributed by atoms with Crippen molar-refractivity contribution in [1.29, 1.82) is 0 Å². The average molecular weight is 452 g/mol. The quantitative estimate of drug-likeness (QED) is 0.537. The van der Waals surface area contributed by atoms with Gasteiger partial charge in [-0.05, 0) is 74.3 Å². The molecule has 1 saturated heterocycles. The summed E-state index contributed by atoms with van der Waals surface area (Å²) in [6.45, 7) is 5.87. The second kappa shape index (κ2) is 9.71. The van der Waals surface area contributed by atoms with Crippen LogP contribution in [-0.4, -0.2) is 41.4 Å². The van der Waals surface area contributed by atoms with Crippen LogP contribution < -0.4 is 15.6 Å². The molecule has 0 amide bonds. The molecule has 3 aromatic rings. The Morgan fingerprint density at radius 3 is 2.84 bits per heavy atom. The van der Waals surface area contributed by atoms with Gasteiger partial charge < -0.3 is 24.7 Å². The van der Waals surface area contributed by atoms with E-state index in [1.165, 1.54) is 0 Å². The summed E-state index contributed by atoms with van der Waals surface area (Å²) < 4.78 is 11.3. The maximum Gasteiger partial charge on any atom is 0.253 e. The number of nitrogens with one attached hydrogen (secondary N) is 2. The molecule has 6 nitrogen and oxygen atoms in total. The highest BCUT2D eigenvalue weighted by Gasteiger charge is 2.23. The van der Waals surface area contributed by atoms with Gasteiger partial charge in [-0.3, -0.25) is 4.79 Å². The highest BCUT2D eigenvalue weighted by atomic mass is 32.1. The second-order valence-corrected chi connectivity index (χ2v) is 8.70. The van der Waals surface area contributed by atoms with E-state index in [4.69, 9.17) is 21.7 Å². The maximum absolute atomic E-state index is 12.9. The molecule has 168 valence electrons. The number of hydrogen-bond donors (Lipinski definition) is 2. The van der Waals surface area contributed by atoms with Gasteiger partial charge in [0.1, 0.15) is 5.75 Å². The summed E-state index contributed by atoms with van der Waals surface area (Å²) in [4.78, 5) is 18.0. The third-order valence-corrected chi connectivity index (χ3v) is 6.19. The topological polar surface area (TPSA) is 66.6 Å². The number of hydrogen-bond acceptors (Lipinski definition) is 4. The summed E-state index contributed by atoms with van der Waals surface area (Å²) in [5.41, 5.74) is 4.48. The molecule has 7 heteroatoms. The van der Waals surface area contributed by atoms with Crippen molar-refractivity contribution in [2.75, 3.05) is 25.6 Å². The molecular formula is C25H29N3O3S. The molecule has 0 aliphatic carbocycles. The molecule has 4 rings (SSSR count). The number of methoxy groups -OCH3 is 1. The molecule has 0 spiro atoms. The van der Waals surface area contributed by atoms with Crippen LogP contribution in [0.1, 0.15) is 29.5 Å². The number of ether oxygens (including phenoxy) is 2. The molecule has 2 aromatic carbocycles. The zero-order valence-corrected chi connectivity index (χ0v) is 19.6. The monoisotopic (exact) mass is 451 g/mol. The first-order chi connectivity index (χ1) is 15.4. The number of aromatic nitrogens is 1. The molecular weight excluding hydrogens is 422 g/mol. The highest BCUT2D eigenvalue weighted by molar-refractivity contribution is 7.80. The molecule has 0 radical (unpaired) electrons. The number of para-hydroxylation sites is 2. The summed E-state index contributed by atoms with van der Waals surface area (Å²) in [5, 5.41) is 4.88. The van der Waals surface area contributed by atoms with Crippen molar-refractivity contribution < 1.29 is 9.47 Å². The van der Waals surface area contributed by atoms with Gasteiger partial charge in [0.05, 0.1) is 25.4 Å². The average Bonchev–Trinajstić information content (AvgIpc) is 3.27. The van der Waals surface area contributed by atoms with E-state index in [1.54, 1.807) is 7.11 Å². The van der Waals surface area contributed by atoms with Gasteiger partial charge in [-0.25, -0.2) is 0 Å². The van der Waals surface area contributed by atoms with E-state index in [-0.39, 0.29) is 11.7 Å². The number of aryl methyl sites for hydroxylation is 2. The van der Waals surface area contributed by atoms with Gasteiger partial charge in [0.25, 0.3) is 5.56 Å². The van der Waals surface area contributed by atoms with Crippen molar-refractivity contribution in [3.63, 3.8) is 0 Å². The van der Waals surface area contributed by atoms with Gasteiger partial charge in [-0.1, -0.05) is 18.2 Å². The van der Waals surface area contributed by atoms with Crippen LogP contribution in [0.3, 0.4) is 0 Å². The normalized spacial score (nSPS) is 15.7. The van der Waals surface area contributed by atoms with Gasteiger partial charge in [-0.2, -0.15) is 0 Å². The van der Waals surface area contributed by atoms with Crippen LogP contribution in [-0.2, 0) is 11.3 Å². The minimum absolute atomic E-state index is 0.0938. The highest BCUT2D eigenvalue weighted by Crippen LogP contribution is 2.25. The van der Waals surface area contributed by atoms with Gasteiger partial charge in [0, 0.05) is 29.6 Å². The Hall–Kier alpha value is -2.90. The fraction of sp³-hybridized carbons (Fsp3) is 0.360. The lowest BCUT2D eigenvalue weighted by atomic mass is 10.0. The van der Waals surface area contributed by atoms with E-state index in [2.05, 4.69) is 23.3 Å². The number of fused-ring (bicyclic) bond motifs is 1. The minimum Gasteiger partial charge on any atom is -0.495 e. The molecule has 0 saturated carbocycles. The van der Waals surface area contributed by atoms with Crippen molar-refractivity contribution in [2.24, 2.45) is 0 Å². The first kappa shape index (κ1) is 22.3. The van der Waals surface area contributed by atoms with Gasteiger partial charge in [-0.15, -0.1) is 0 Å².